The molecule has 2 aromatic heterocycles. The number of rotatable bonds is 14. The lowest BCUT2D eigenvalue weighted by atomic mass is 10.0. The number of anilines is 8. The molecule has 71 heavy (non-hydrogen) atoms. The Morgan fingerprint density at radius 3 is 1.15 bits per heavy atom. The zero-order valence-corrected chi connectivity index (χ0v) is 44.1. The zero-order valence-electron chi connectivity index (χ0n) is 41.8. The number of piperidine rings is 2. The lowest BCUT2D eigenvalue weighted by molar-refractivity contribution is 0.252. The number of ether oxygens (including phenoxy) is 2. The Labute approximate surface area is 441 Å². The quantitative estimate of drug-likeness (QED) is 0.0753. The van der Waals surface area contributed by atoms with Gasteiger partial charge in [-0.25, -0.2) is 0 Å². The van der Waals surface area contributed by atoms with Crippen LogP contribution in [0.4, 0.5) is 47.1 Å². The van der Waals surface area contributed by atoms with Crippen molar-refractivity contribution in [1.29, 1.82) is 0 Å². The number of benzene rings is 2. The van der Waals surface area contributed by atoms with Crippen molar-refractivity contribution < 1.29 is 14.6 Å². The third kappa shape index (κ3) is 18.6. The number of hydrogen-bond donors (Lipinski definition) is 5. The number of nitrogens with one attached hydrogen (secondary N) is 4. The van der Waals surface area contributed by atoms with Crippen molar-refractivity contribution in [2.75, 3.05) is 107 Å². The van der Waals surface area contributed by atoms with E-state index in [0.29, 0.717) is 81.4 Å². The van der Waals surface area contributed by atoms with Gasteiger partial charge in [0.1, 0.15) is 11.5 Å². The highest BCUT2D eigenvalue weighted by Crippen LogP contribution is 2.32. The van der Waals surface area contributed by atoms with Gasteiger partial charge >= 0.3 is 0 Å². The molecule has 4 aromatic rings. The van der Waals surface area contributed by atoms with Crippen LogP contribution in [0.15, 0.2) is 36.4 Å². The fourth-order valence-electron chi connectivity index (χ4n) is 9.34. The molecule has 2 aliphatic heterocycles. The van der Waals surface area contributed by atoms with Crippen molar-refractivity contribution in [1.82, 2.24) is 39.7 Å². The molecule has 0 spiro atoms. The maximum Gasteiger partial charge on any atom is 0.233 e. The van der Waals surface area contributed by atoms with Crippen LogP contribution in [0.3, 0.4) is 0 Å². The predicted octanol–water partition coefficient (Wildman–Crippen LogP) is 11.2. The molecule has 17 nitrogen and oxygen atoms in total. The minimum absolute atomic E-state index is 0. The van der Waals surface area contributed by atoms with E-state index in [9.17, 15) is 0 Å². The molecule has 398 valence electrons. The molecule has 2 saturated carbocycles. The first kappa shape index (κ1) is 60.9. The molecule has 2 saturated heterocycles. The van der Waals surface area contributed by atoms with Crippen LogP contribution in [0, 0.1) is 0 Å². The number of aliphatic hydroxyl groups excluding tert-OH is 1. The van der Waals surface area contributed by atoms with Gasteiger partial charge in [0.2, 0.25) is 35.7 Å². The van der Waals surface area contributed by atoms with Crippen LogP contribution in [0.5, 0.6) is 11.5 Å². The molecule has 2 aromatic carbocycles. The molecule has 8 rings (SSSR count). The first-order chi connectivity index (χ1) is 33.0. The van der Waals surface area contributed by atoms with Crippen molar-refractivity contribution in [3.05, 3.63) is 46.4 Å². The number of halogens is 3. The van der Waals surface area contributed by atoms with Gasteiger partial charge in [-0.3, -0.25) is 0 Å². The van der Waals surface area contributed by atoms with Gasteiger partial charge in [0.05, 0.1) is 24.3 Å². The van der Waals surface area contributed by atoms with Gasteiger partial charge in [0.25, 0.3) is 0 Å². The van der Waals surface area contributed by atoms with E-state index in [1.807, 2.05) is 36.4 Å². The van der Waals surface area contributed by atoms with E-state index in [2.05, 4.69) is 69.1 Å². The molecular formula is C51H85Cl3N14O3. The summed E-state index contributed by atoms with van der Waals surface area (Å²) in [6.07, 6.45) is 19.3. The Morgan fingerprint density at radius 2 is 0.845 bits per heavy atom. The molecule has 0 radical (unpaired) electrons. The average molecular weight is 1050 g/mol. The third-order valence-electron chi connectivity index (χ3n) is 13.5. The maximum absolute atomic E-state index is 7.00. The number of methoxy groups -OCH3 is 2. The summed E-state index contributed by atoms with van der Waals surface area (Å²) in [7, 11) is 12.8. The highest BCUT2D eigenvalue weighted by molar-refractivity contribution is 6.32. The Balaban J connectivity index is 0.000000348. The van der Waals surface area contributed by atoms with Crippen molar-refractivity contribution in [2.24, 2.45) is 0 Å². The second-order valence-electron chi connectivity index (χ2n) is 18.5. The molecule has 20 heteroatoms. The lowest BCUT2D eigenvalue weighted by Gasteiger charge is -2.35. The summed E-state index contributed by atoms with van der Waals surface area (Å²) in [5.74, 6) is 4.94. The largest absolute Gasteiger partial charge is 0.495 e. The van der Waals surface area contributed by atoms with Crippen LogP contribution in [0.2, 0.25) is 10.0 Å². The van der Waals surface area contributed by atoms with Gasteiger partial charge in [-0.05, 0) is 128 Å². The Hall–Kier alpha value is -4.39. The monoisotopic (exact) mass is 1050 g/mol. The summed E-state index contributed by atoms with van der Waals surface area (Å²) in [6, 6.07) is 12.8. The van der Waals surface area contributed by atoms with Gasteiger partial charge in [-0.15, -0.1) is 12.4 Å². The first-order valence-corrected chi connectivity index (χ1v) is 25.3. The van der Waals surface area contributed by atoms with Gasteiger partial charge < -0.3 is 55.4 Å². The highest BCUT2D eigenvalue weighted by Gasteiger charge is 2.26. The SMILES string of the molecule is C.C.CO.COc1ccc(Nc2nc(NC3CCCCCC3)nc(N(C)C3CCN(C)CC3)n2)cc1Cl.COc1ccc(Nc2nc(NC3CCCCCC3)nc(N(C)C3CCN(C)CC3)n2)cc1Cl.Cl. The van der Waals surface area contributed by atoms with E-state index in [0.717, 1.165) is 96.0 Å². The standard InChI is InChI=1S/2C24H36ClN7O.CH4O.2CH4.ClH/c2*1-31-14-12-19(13-15-31)32(2)24-29-22(26-17-8-6-4-5-7-9-17)28-23(30-24)27-18-10-11-21(33-3)20(25)16-18;1-2;;;/h2*10-11,16-17,19H,4-9,12-15H2,1-3H3,(H2,26,27,28,29,30);2H,1H3;2*1H4;1H. The number of likely N-dealkylation sites (tertiary alicyclic amines) is 2. The maximum atomic E-state index is 7.00. The normalized spacial score (nSPS) is 17.3. The van der Waals surface area contributed by atoms with Crippen LogP contribution in [0.25, 0.3) is 0 Å². The summed E-state index contributed by atoms with van der Waals surface area (Å²) < 4.78 is 10.5. The van der Waals surface area contributed by atoms with Gasteiger partial charge in [-0.2, -0.15) is 29.9 Å². The summed E-state index contributed by atoms with van der Waals surface area (Å²) in [4.78, 5) is 37.8. The number of aromatic nitrogens is 6. The van der Waals surface area contributed by atoms with Crippen LogP contribution >= 0.6 is 35.6 Å². The third-order valence-corrected chi connectivity index (χ3v) is 14.1. The predicted molar refractivity (Wildman–Crippen MR) is 299 cm³/mol. The topological polar surface area (TPSA) is 177 Å². The molecule has 4 heterocycles. The van der Waals surface area contributed by atoms with Crippen LogP contribution in [-0.2, 0) is 0 Å². The lowest BCUT2D eigenvalue weighted by Crippen LogP contribution is -2.42. The molecular weight excluding hydrogens is 963 g/mol. The van der Waals surface area contributed by atoms with Crippen LogP contribution in [-0.4, -0.2) is 145 Å². The van der Waals surface area contributed by atoms with E-state index in [1.54, 1.807) is 14.2 Å². The second-order valence-corrected chi connectivity index (χ2v) is 19.3. The molecule has 4 aliphatic rings. The average Bonchev–Trinajstić information content (AvgIpc) is 3.78. The minimum Gasteiger partial charge on any atom is -0.495 e. The fraction of sp³-hybridized carbons (Fsp3) is 0.647. The summed E-state index contributed by atoms with van der Waals surface area (Å²) in [5, 5.41) is 21.9. The van der Waals surface area contributed by atoms with Crippen molar-refractivity contribution in [3.8, 4) is 11.5 Å². The van der Waals surface area contributed by atoms with Gasteiger partial charge in [0, 0.05) is 56.7 Å². The molecule has 0 amide bonds. The minimum atomic E-state index is 0. The van der Waals surface area contributed by atoms with Crippen molar-refractivity contribution in [3.63, 3.8) is 0 Å². The van der Waals surface area contributed by atoms with Gasteiger partial charge in [0.15, 0.2) is 0 Å². The number of hydrogen-bond acceptors (Lipinski definition) is 17. The molecule has 0 atom stereocenters. The van der Waals surface area contributed by atoms with Crippen LogP contribution in [0.1, 0.15) is 118 Å². The second kappa shape index (κ2) is 31.3. The zero-order chi connectivity index (χ0) is 48.4. The van der Waals surface area contributed by atoms with E-state index in [4.69, 9.17) is 67.7 Å². The summed E-state index contributed by atoms with van der Waals surface area (Å²) in [6.45, 7) is 4.34. The van der Waals surface area contributed by atoms with Crippen molar-refractivity contribution in [2.45, 2.75) is 142 Å². The summed E-state index contributed by atoms with van der Waals surface area (Å²) >= 11 is 12.6. The van der Waals surface area contributed by atoms with Crippen LogP contribution < -0.4 is 40.5 Å². The molecule has 0 unspecified atom stereocenters. The Bertz CT molecular complexity index is 1980. The number of aliphatic hydroxyl groups is 1. The smallest absolute Gasteiger partial charge is 0.233 e. The van der Waals surface area contributed by atoms with E-state index in [1.165, 1.54) is 51.4 Å². The molecule has 5 N–H and O–H groups in total. The highest BCUT2D eigenvalue weighted by atomic mass is 35.5. The molecule has 4 fully saturated rings. The molecule has 2 aliphatic carbocycles. The Morgan fingerprint density at radius 1 is 0.521 bits per heavy atom. The summed E-state index contributed by atoms with van der Waals surface area (Å²) in [5.41, 5.74) is 1.61. The fourth-order valence-corrected chi connectivity index (χ4v) is 9.85. The van der Waals surface area contributed by atoms with E-state index < -0.39 is 0 Å². The first-order valence-electron chi connectivity index (χ1n) is 24.6. The molecule has 0 bridgehead atoms. The van der Waals surface area contributed by atoms with Gasteiger partial charge in [-0.1, -0.05) is 89.4 Å². The number of nitrogens with zero attached hydrogens (tertiary/aromatic N) is 10. The van der Waals surface area contributed by atoms with E-state index >= 15 is 0 Å². The van der Waals surface area contributed by atoms with Crippen molar-refractivity contribution >= 4 is 82.7 Å². The van der Waals surface area contributed by atoms with E-state index in [-0.39, 0.29) is 27.3 Å². The Kier molecular flexibility index (Phi) is 26.8.